The first-order chi connectivity index (χ1) is 8.05. The lowest BCUT2D eigenvalue weighted by atomic mass is 10.1. The molecule has 8 heteroatoms. The van der Waals surface area contributed by atoms with Gasteiger partial charge in [-0.05, 0) is 6.07 Å². The van der Waals surface area contributed by atoms with Crippen molar-refractivity contribution in [2.45, 2.75) is 17.9 Å². The molecule has 1 N–H and O–H groups in total. The van der Waals surface area contributed by atoms with Crippen molar-refractivity contribution in [1.29, 1.82) is 0 Å². The maximum absolute atomic E-state index is 12.2. The molecular weight excluding hydrogens is 244 g/mol. The third-order valence-electron chi connectivity index (χ3n) is 2.82. The monoisotopic (exact) mass is 258 g/mol. The summed E-state index contributed by atoms with van der Waals surface area (Å²) in [7, 11) is -1.89. The molecule has 94 valence electrons. The van der Waals surface area contributed by atoms with Crippen LogP contribution in [0.2, 0.25) is 0 Å². The zero-order valence-electron chi connectivity index (χ0n) is 9.44. The van der Waals surface area contributed by atoms with Crippen molar-refractivity contribution in [3.63, 3.8) is 0 Å². The molecule has 1 aliphatic rings. The summed E-state index contributed by atoms with van der Waals surface area (Å²) in [6.45, 7) is 0.680. The highest BCUT2D eigenvalue weighted by Crippen LogP contribution is 2.18. The number of hydrogen-bond acceptors (Lipinski definition) is 5. The van der Waals surface area contributed by atoms with Gasteiger partial charge in [0.05, 0.1) is 11.9 Å². The largest absolute Gasteiger partial charge is 0.411 e. The van der Waals surface area contributed by atoms with E-state index in [0.29, 0.717) is 31.6 Å². The Hall–Kier alpha value is -1.41. The van der Waals surface area contributed by atoms with E-state index in [2.05, 4.69) is 10.3 Å². The third kappa shape index (κ3) is 2.18. The number of piperidine rings is 1. The fourth-order valence-electron chi connectivity index (χ4n) is 1.83. The predicted octanol–water partition coefficient (Wildman–Crippen LogP) is 0.0348. The van der Waals surface area contributed by atoms with E-state index >= 15 is 0 Å². The molecule has 17 heavy (non-hydrogen) atoms. The molecule has 0 radical (unpaired) electrons. The molecular formula is C9H14N4O3S. The van der Waals surface area contributed by atoms with Gasteiger partial charge in [0.2, 0.25) is 0 Å². The standard InChI is InChI=1S/C9H14N4O3S/c1-12-9(2-5-10-12)17(15,16)13-6-3-8(11-14)4-7-13/h2,5,14H,3-4,6-7H2,1H3. The minimum absolute atomic E-state index is 0.182. The van der Waals surface area contributed by atoms with E-state index in [1.54, 1.807) is 7.05 Å². The van der Waals surface area contributed by atoms with Crippen LogP contribution in [0.1, 0.15) is 12.8 Å². The van der Waals surface area contributed by atoms with E-state index in [4.69, 9.17) is 5.21 Å². The third-order valence-corrected chi connectivity index (χ3v) is 4.80. The van der Waals surface area contributed by atoms with Crippen molar-refractivity contribution in [1.82, 2.24) is 14.1 Å². The maximum Gasteiger partial charge on any atom is 0.260 e. The summed E-state index contributed by atoms with van der Waals surface area (Å²) < 4.78 is 27.2. The summed E-state index contributed by atoms with van der Waals surface area (Å²) >= 11 is 0. The molecule has 0 amide bonds. The average Bonchev–Trinajstić information content (AvgIpc) is 2.76. The van der Waals surface area contributed by atoms with E-state index in [9.17, 15) is 8.42 Å². The summed E-state index contributed by atoms with van der Waals surface area (Å²) in [5, 5.41) is 15.8. The highest BCUT2D eigenvalue weighted by atomic mass is 32.2. The Kier molecular flexibility index (Phi) is 3.16. The molecule has 2 heterocycles. The molecule has 2 rings (SSSR count). The van der Waals surface area contributed by atoms with Gasteiger partial charge in [-0.1, -0.05) is 5.16 Å². The van der Waals surface area contributed by atoms with Gasteiger partial charge < -0.3 is 5.21 Å². The van der Waals surface area contributed by atoms with Gasteiger partial charge in [-0.15, -0.1) is 0 Å². The summed E-state index contributed by atoms with van der Waals surface area (Å²) in [6.07, 6.45) is 2.39. The van der Waals surface area contributed by atoms with Gasteiger partial charge in [0.15, 0.2) is 5.03 Å². The molecule has 1 saturated heterocycles. The zero-order valence-corrected chi connectivity index (χ0v) is 10.3. The van der Waals surface area contributed by atoms with Gasteiger partial charge in [-0.25, -0.2) is 8.42 Å². The quantitative estimate of drug-likeness (QED) is 0.599. The van der Waals surface area contributed by atoms with E-state index in [0.717, 1.165) is 0 Å². The smallest absolute Gasteiger partial charge is 0.260 e. The predicted molar refractivity (Wildman–Crippen MR) is 60.4 cm³/mol. The van der Waals surface area contributed by atoms with E-state index in [1.807, 2.05) is 0 Å². The van der Waals surface area contributed by atoms with E-state index in [-0.39, 0.29) is 5.03 Å². The van der Waals surface area contributed by atoms with E-state index in [1.165, 1.54) is 21.3 Å². The van der Waals surface area contributed by atoms with Gasteiger partial charge in [-0.2, -0.15) is 9.40 Å². The number of nitrogens with zero attached hydrogens (tertiary/aromatic N) is 4. The van der Waals surface area contributed by atoms with Gasteiger partial charge in [-0.3, -0.25) is 4.68 Å². The van der Waals surface area contributed by atoms with Gasteiger partial charge in [0.1, 0.15) is 0 Å². The molecule has 0 saturated carbocycles. The van der Waals surface area contributed by atoms with Crippen LogP contribution < -0.4 is 0 Å². The molecule has 0 atom stereocenters. The van der Waals surface area contributed by atoms with Crippen molar-refractivity contribution in [3.05, 3.63) is 12.3 Å². The van der Waals surface area contributed by atoms with Gasteiger partial charge in [0, 0.05) is 33.0 Å². The summed E-state index contributed by atoms with van der Waals surface area (Å²) in [4.78, 5) is 0. The lowest BCUT2D eigenvalue weighted by Crippen LogP contribution is -2.39. The number of sulfonamides is 1. The Morgan fingerprint density at radius 3 is 2.53 bits per heavy atom. The molecule has 1 aliphatic heterocycles. The van der Waals surface area contributed by atoms with Crippen LogP contribution in [0.25, 0.3) is 0 Å². The Labute approximate surface area is 99.4 Å². The Morgan fingerprint density at radius 1 is 1.41 bits per heavy atom. The molecule has 0 bridgehead atoms. The average molecular weight is 258 g/mol. The van der Waals surface area contributed by atoms with Gasteiger partial charge >= 0.3 is 0 Å². The van der Waals surface area contributed by atoms with Crippen molar-refractivity contribution in [2.75, 3.05) is 13.1 Å². The van der Waals surface area contributed by atoms with Crippen LogP contribution in [-0.2, 0) is 17.1 Å². The second-order valence-corrected chi connectivity index (χ2v) is 5.75. The Morgan fingerprint density at radius 2 is 2.06 bits per heavy atom. The number of rotatable bonds is 2. The van der Waals surface area contributed by atoms with Crippen LogP contribution >= 0.6 is 0 Å². The SMILES string of the molecule is Cn1nccc1S(=O)(=O)N1CCC(=NO)CC1. The number of aromatic nitrogens is 2. The van der Waals surface area contributed by atoms with Crippen molar-refractivity contribution in [2.24, 2.45) is 12.2 Å². The lowest BCUT2D eigenvalue weighted by Gasteiger charge is -2.26. The number of hydrogen-bond donors (Lipinski definition) is 1. The molecule has 0 unspecified atom stereocenters. The van der Waals surface area contributed by atoms with Crippen molar-refractivity contribution in [3.8, 4) is 0 Å². The highest BCUT2D eigenvalue weighted by Gasteiger charge is 2.29. The molecule has 1 aromatic heterocycles. The van der Waals surface area contributed by atoms with Crippen LogP contribution in [0.15, 0.2) is 22.4 Å². The van der Waals surface area contributed by atoms with Crippen molar-refractivity contribution >= 4 is 15.7 Å². The first-order valence-electron chi connectivity index (χ1n) is 5.23. The molecule has 7 nitrogen and oxygen atoms in total. The first kappa shape index (κ1) is 12.1. The minimum Gasteiger partial charge on any atom is -0.411 e. The molecule has 0 spiro atoms. The molecule has 0 aliphatic carbocycles. The highest BCUT2D eigenvalue weighted by molar-refractivity contribution is 7.89. The topological polar surface area (TPSA) is 87.8 Å². The Bertz CT molecular complexity index is 524. The van der Waals surface area contributed by atoms with Crippen LogP contribution in [0, 0.1) is 0 Å². The summed E-state index contributed by atoms with van der Waals surface area (Å²) in [6, 6.07) is 1.48. The second-order valence-electron chi connectivity index (χ2n) is 3.86. The summed E-state index contributed by atoms with van der Waals surface area (Å²) in [5.74, 6) is 0. The molecule has 1 fully saturated rings. The van der Waals surface area contributed by atoms with Crippen LogP contribution in [0.4, 0.5) is 0 Å². The minimum atomic E-state index is -3.48. The number of aryl methyl sites for hydroxylation is 1. The van der Waals surface area contributed by atoms with Gasteiger partial charge in [0.25, 0.3) is 10.0 Å². The fourth-order valence-corrected chi connectivity index (χ4v) is 3.37. The normalized spacial score (nSPS) is 18.3. The maximum atomic E-state index is 12.2. The van der Waals surface area contributed by atoms with Crippen LogP contribution in [0.5, 0.6) is 0 Å². The zero-order chi connectivity index (χ0) is 12.5. The van der Waals surface area contributed by atoms with E-state index < -0.39 is 10.0 Å². The summed E-state index contributed by atoms with van der Waals surface area (Å²) in [5.41, 5.74) is 0.640. The van der Waals surface area contributed by atoms with Crippen LogP contribution in [-0.4, -0.2) is 46.5 Å². The molecule has 0 aromatic carbocycles. The van der Waals surface area contributed by atoms with Crippen molar-refractivity contribution < 1.29 is 13.6 Å². The fraction of sp³-hybridized carbons (Fsp3) is 0.556. The number of oxime groups is 1. The Balaban J connectivity index is 2.21. The molecule has 1 aromatic rings. The lowest BCUT2D eigenvalue weighted by molar-refractivity contribution is 0.309. The second kappa shape index (κ2) is 4.46. The first-order valence-corrected chi connectivity index (χ1v) is 6.67. The van der Waals surface area contributed by atoms with Crippen LogP contribution in [0.3, 0.4) is 0 Å².